The molecule has 2 aromatic rings. The van der Waals surface area contributed by atoms with Crippen LogP contribution in [0.3, 0.4) is 0 Å². The van der Waals surface area contributed by atoms with Crippen molar-refractivity contribution < 1.29 is 19.3 Å². The largest absolute Gasteiger partial charge is 0.504 e. The van der Waals surface area contributed by atoms with Crippen LogP contribution in [0.2, 0.25) is 0 Å². The number of benzene rings is 2. The molecule has 1 aliphatic heterocycles. The van der Waals surface area contributed by atoms with Crippen LogP contribution in [0.25, 0.3) is 11.1 Å². The second kappa shape index (κ2) is 5.60. The fraction of sp³-hybridized carbons (Fsp3) is 0.368. The Labute approximate surface area is 141 Å². The highest BCUT2D eigenvalue weighted by atomic mass is 16.5. The second-order valence-corrected chi connectivity index (χ2v) is 6.17. The second-order valence-electron chi connectivity index (χ2n) is 6.17. The summed E-state index contributed by atoms with van der Waals surface area (Å²) in [6, 6.07) is 5.97. The molecule has 1 aliphatic carbocycles. The summed E-state index contributed by atoms with van der Waals surface area (Å²) in [5, 5.41) is 13.9. The highest BCUT2D eigenvalue weighted by Gasteiger charge is 2.36. The highest BCUT2D eigenvalue weighted by molar-refractivity contribution is 5.88. The predicted molar refractivity (Wildman–Crippen MR) is 91.4 cm³/mol. The van der Waals surface area contributed by atoms with Gasteiger partial charge in [-0.1, -0.05) is 6.07 Å². The zero-order valence-electron chi connectivity index (χ0n) is 14.1. The first kappa shape index (κ1) is 15.1. The van der Waals surface area contributed by atoms with Crippen molar-refractivity contribution in [2.75, 3.05) is 27.9 Å². The third kappa shape index (κ3) is 1.97. The lowest BCUT2D eigenvalue weighted by molar-refractivity contribution is 0.351. The van der Waals surface area contributed by atoms with E-state index in [-0.39, 0.29) is 11.8 Å². The maximum Gasteiger partial charge on any atom is 0.169 e. The van der Waals surface area contributed by atoms with Gasteiger partial charge in [0.15, 0.2) is 23.0 Å². The molecule has 0 amide bonds. The van der Waals surface area contributed by atoms with E-state index in [4.69, 9.17) is 14.2 Å². The summed E-state index contributed by atoms with van der Waals surface area (Å²) in [6.07, 6.45) is 1.80. The molecule has 1 heterocycles. The number of fused-ring (bicyclic) bond motifs is 2. The summed E-state index contributed by atoms with van der Waals surface area (Å²) >= 11 is 0. The summed E-state index contributed by atoms with van der Waals surface area (Å²) in [7, 11) is 4.88. The van der Waals surface area contributed by atoms with Crippen molar-refractivity contribution in [3.63, 3.8) is 0 Å². The van der Waals surface area contributed by atoms with E-state index in [0.29, 0.717) is 17.2 Å². The molecular formula is C19H21NO4. The van der Waals surface area contributed by atoms with Crippen LogP contribution in [0.15, 0.2) is 18.2 Å². The minimum atomic E-state index is 0.136. The summed E-state index contributed by atoms with van der Waals surface area (Å²) < 4.78 is 16.8. The van der Waals surface area contributed by atoms with Gasteiger partial charge in [-0.05, 0) is 48.2 Å². The van der Waals surface area contributed by atoms with Gasteiger partial charge >= 0.3 is 0 Å². The lowest BCUT2D eigenvalue weighted by atomic mass is 9.77. The van der Waals surface area contributed by atoms with Gasteiger partial charge in [0.05, 0.1) is 21.3 Å². The first-order valence-electron chi connectivity index (χ1n) is 8.10. The lowest BCUT2D eigenvalue weighted by Gasteiger charge is -2.36. The van der Waals surface area contributed by atoms with Gasteiger partial charge < -0.3 is 24.6 Å². The van der Waals surface area contributed by atoms with Crippen molar-refractivity contribution in [2.24, 2.45) is 0 Å². The lowest BCUT2D eigenvalue weighted by Crippen LogP contribution is -2.34. The maximum atomic E-state index is 10.3. The molecule has 4 rings (SSSR count). The molecule has 126 valence electrons. The van der Waals surface area contributed by atoms with Crippen molar-refractivity contribution >= 4 is 0 Å². The standard InChI is InChI=1S/C19H21NO4/c1-22-14-9-11-6-7-20-12-8-10-4-5-13(21)18(23-2)16(10)17(15(11)12)19(14)24-3/h4-5,9,12,20-21H,6-8H2,1-3H3. The van der Waals surface area contributed by atoms with Gasteiger partial charge in [-0.2, -0.15) is 0 Å². The van der Waals surface area contributed by atoms with Crippen LogP contribution >= 0.6 is 0 Å². The number of phenols is 1. The van der Waals surface area contributed by atoms with Gasteiger partial charge in [0.1, 0.15) is 0 Å². The van der Waals surface area contributed by atoms with E-state index in [2.05, 4.69) is 11.4 Å². The van der Waals surface area contributed by atoms with Gasteiger partial charge in [-0.25, -0.2) is 0 Å². The molecule has 0 bridgehead atoms. The Bertz CT molecular complexity index is 816. The average molecular weight is 327 g/mol. The molecule has 0 saturated heterocycles. The van der Waals surface area contributed by atoms with Crippen LogP contribution in [0, 0.1) is 0 Å². The monoisotopic (exact) mass is 327 g/mol. The van der Waals surface area contributed by atoms with Crippen LogP contribution in [0.1, 0.15) is 22.7 Å². The Morgan fingerprint density at radius 2 is 1.79 bits per heavy atom. The first-order chi connectivity index (χ1) is 11.7. The summed E-state index contributed by atoms with van der Waals surface area (Å²) in [6.45, 7) is 0.942. The Balaban J connectivity index is 2.13. The van der Waals surface area contributed by atoms with Gasteiger partial charge in [-0.3, -0.25) is 0 Å². The van der Waals surface area contributed by atoms with Crippen LogP contribution in [0.5, 0.6) is 23.0 Å². The van der Waals surface area contributed by atoms with E-state index in [1.54, 1.807) is 27.4 Å². The van der Waals surface area contributed by atoms with Crippen molar-refractivity contribution in [1.82, 2.24) is 5.32 Å². The SMILES string of the molecule is COc1cc2c3c(c1OC)-c1c(ccc(O)c1OC)CC3NCC2. The zero-order chi connectivity index (χ0) is 16.8. The summed E-state index contributed by atoms with van der Waals surface area (Å²) in [5.41, 5.74) is 5.51. The molecule has 0 fully saturated rings. The number of methoxy groups -OCH3 is 3. The van der Waals surface area contributed by atoms with Crippen LogP contribution in [0.4, 0.5) is 0 Å². The first-order valence-corrected chi connectivity index (χ1v) is 8.10. The summed E-state index contributed by atoms with van der Waals surface area (Å²) in [5.74, 6) is 2.03. The Hall–Kier alpha value is -2.40. The molecule has 0 spiro atoms. The molecule has 5 nitrogen and oxygen atoms in total. The Morgan fingerprint density at radius 1 is 1.00 bits per heavy atom. The number of hydrogen-bond acceptors (Lipinski definition) is 5. The molecule has 0 radical (unpaired) electrons. The number of phenolic OH excluding ortho intramolecular Hbond substituents is 1. The number of ether oxygens (including phenoxy) is 3. The third-order valence-electron chi connectivity index (χ3n) is 5.03. The Morgan fingerprint density at radius 3 is 2.50 bits per heavy atom. The third-order valence-corrected chi connectivity index (χ3v) is 5.03. The molecule has 2 aliphatic rings. The fourth-order valence-corrected chi connectivity index (χ4v) is 4.06. The normalized spacial score (nSPS) is 17.7. The number of hydrogen-bond donors (Lipinski definition) is 2. The van der Waals surface area contributed by atoms with Gasteiger partial charge in [-0.15, -0.1) is 0 Å². The van der Waals surface area contributed by atoms with E-state index in [0.717, 1.165) is 36.1 Å². The van der Waals surface area contributed by atoms with Crippen molar-refractivity contribution in [3.8, 4) is 34.1 Å². The molecule has 2 aromatic carbocycles. The van der Waals surface area contributed by atoms with E-state index in [9.17, 15) is 5.11 Å². The number of rotatable bonds is 3. The van der Waals surface area contributed by atoms with Gasteiger partial charge in [0.2, 0.25) is 0 Å². The highest BCUT2D eigenvalue weighted by Crippen LogP contribution is 2.54. The molecule has 5 heteroatoms. The molecule has 0 aromatic heterocycles. The van der Waals surface area contributed by atoms with E-state index in [1.807, 2.05) is 6.07 Å². The minimum absolute atomic E-state index is 0.136. The molecule has 24 heavy (non-hydrogen) atoms. The fourth-order valence-electron chi connectivity index (χ4n) is 4.06. The molecule has 2 N–H and O–H groups in total. The minimum Gasteiger partial charge on any atom is -0.504 e. The van der Waals surface area contributed by atoms with Crippen molar-refractivity contribution in [1.29, 1.82) is 0 Å². The maximum absolute atomic E-state index is 10.3. The predicted octanol–water partition coefficient (Wildman–Crippen LogP) is 2.83. The van der Waals surface area contributed by atoms with Gasteiger partial charge in [0.25, 0.3) is 0 Å². The number of aromatic hydroxyl groups is 1. The van der Waals surface area contributed by atoms with E-state index >= 15 is 0 Å². The van der Waals surface area contributed by atoms with E-state index in [1.165, 1.54) is 11.1 Å². The molecule has 1 unspecified atom stereocenters. The van der Waals surface area contributed by atoms with Gasteiger partial charge in [0, 0.05) is 17.2 Å². The smallest absolute Gasteiger partial charge is 0.169 e. The molecular weight excluding hydrogens is 306 g/mol. The quantitative estimate of drug-likeness (QED) is 0.908. The van der Waals surface area contributed by atoms with Crippen molar-refractivity contribution in [2.45, 2.75) is 18.9 Å². The number of nitrogens with one attached hydrogen (secondary N) is 1. The van der Waals surface area contributed by atoms with Crippen LogP contribution in [-0.2, 0) is 12.8 Å². The zero-order valence-corrected chi connectivity index (χ0v) is 14.1. The molecule has 0 saturated carbocycles. The molecule has 1 atom stereocenters. The average Bonchev–Trinajstić information content (AvgIpc) is 2.61. The summed E-state index contributed by atoms with van der Waals surface area (Å²) in [4.78, 5) is 0. The van der Waals surface area contributed by atoms with E-state index < -0.39 is 0 Å². The van der Waals surface area contributed by atoms with Crippen LogP contribution in [-0.4, -0.2) is 33.0 Å². The Kier molecular flexibility index (Phi) is 3.53. The van der Waals surface area contributed by atoms with Crippen LogP contribution < -0.4 is 19.5 Å². The topological polar surface area (TPSA) is 60.0 Å². The van der Waals surface area contributed by atoms with Crippen molar-refractivity contribution in [3.05, 3.63) is 34.9 Å².